The Morgan fingerprint density at radius 3 is 2.54 bits per heavy atom. The van der Waals surface area contributed by atoms with Crippen LogP contribution in [-0.4, -0.2) is 66.5 Å². The summed E-state index contributed by atoms with van der Waals surface area (Å²) in [6.07, 6.45) is 4.18. The van der Waals surface area contributed by atoms with E-state index in [4.69, 9.17) is 0 Å². The number of hydrogen-bond donors (Lipinski definition) is 1. The van der Waals surface area contributed by atoms with Crippen LogP contribution in [-0.2, 0) is 6.54 Å². The van der Waals surface area contributed by atoms with Gasteiger partial charge < -0.3 is 14.8 Å². The van der Waals surface area contributed by atoms with Crippen molar-refractivity contribution < 1.29 is 8.78 Å². The monoisotopic (exact) mass is 504 g/mol. The van der Waals surface area contributed by atoms with E-state index in [1.165, 1.54) is 12.5 Å². The Morgan fingerprint density at radius 1 is 1.03 bits per heavy atom. The van der Waals surface area contributed by atoms with E-state index in [1.807, 2.05) is 43.7 Å². The molecule has 2 aliphatic rings. The highest BCUT2D eigenvalue weighted by Crippen LogP contribution is 2.32. The Balaban J connectivity index is 1.23. The highest BCUT2D eigenvalue weighted by atomic mass is 19.1. The van der Waals surface area contributed by atoms with Crippen molar-refractivity contribution in [3.8, 4) is 11.3 Å². The second-order valence-electron chi connectivity index (χ2n) is 10.4. The number of benzene rings is 1. The van der Waals surface area contributed by atoms with E-state index in [1.54, 1.807) is 6.07 Å². The Morgan fingerprint density at radius 2 is 1.86 bits per heavy atom. The molecular weight excluding hydrogens is 474 g/mol. The minimum absolute atomic E-state index is 0.0122. The molecular formula is C27H30F2N8. The molecule has 0 radical (unpaired) electrons. The van der Waals surface area contributed by atoms with Crippen LogP contribution in [0.2, 0.25) is 0 Å². The van der Waals surface area contributed by atoms with Gasteiger partial charge in [0, 0.05) is 49.5 Å². The van der Waals surface area contributed by atoms with Gasteiger partial charge in [-0.1, -0.05) is 6.07 Å². The van der Waals surface area contributed by atoms with Crippen LogP contribution < -0.4 is 5.32 Å². The van der Waals surface area contributed by atoms with Crippen LogP contribution >= 0.6 is 0 Å². The zero-order valence-corrected chi connectivity index (χ0v) is 21.4. The number of likely N-dealkylation sites (tertiary alicyclic amines) is 2. The molecule has 6 rings (SSSR count). The summed E-state index contributed by atoms with van der Waals surface area (Å²) < 4.78 is 31.7. The molecule has 37 heavy (non-hydrogen) atoms. The van der Waals surface area contributed by atoms with E-state index in [-0.39, 0.29) is 23.2 Å². The molecule has 1 aromatic carbocycles. The number of pyridine rings is 1. The number of imidazole rings is 1. The van der Waals surface area contributed by atoms with Gasteiger partial charge in [-0.05, 0) is 58.0 Å². The molecule has 2 fully saturated rings. The predicted octanol–water partition coefficient (Wildman–Crippen LogP) is 4.69. The van der Waals surface area contributed by atoms with Crippen LogP contribution in [0.25, 0.3) is 22.3 Å². The van der Waals surface area contributed by atoms with Gasteiger partial charge in [0.2, 0.25) is 5.95 Å². The van der Waals surface area contributed by atoms with Gasteiger partial charge in [0.15, 0.2) is 11.6 Å². The van der Waals surface area contributed by atoms with Crippen molar-refractivity contribution >= 4 is 22.8 Å². The summed E-state index contributed by atoms with van der Waals surface area (Å²) in [5.41, 5.74) is 2.34. The minimum atomic E-state index is -0.634. The molecule has 3 aromatic heterocycles. The van der Waals surface area contributed by atoms with E-state index < -0.39 is 11.6 Å². The molecule has 10 heteroatoms. The molecule has 1 N–H and O–H groups in total. The topological polar surface area (TPSA) is 75.0 Å². The van der Waals surface area contributed by atoms with Crippen LogP contribution in [0.3, 0.4) is 0 Å². The Hall–Kier alpha value is -3.50. The number of aromatic nitrogens is 5. The van der Waals surface area contributed by atoms with Gasteiger partial charge in [-0.3, -0.25) is 4.90 Å². The number of halogens is 2. The quantitative estimate of drug-likeness (QED) is 0.408. The fourth-order valence-electron chi connectivity index (χ4n) is 5.77. The predicted molar refractivity (Wildman–Crippen MR) is 139 cm³/mol. The fourth-order valence-corrected chi connectivity index (χ4v) is 5.77. The molecule has 0 spiro atoms. The number of nitrogens with one attached hydrogen (secondary N) is 1. The highest BCUT2D eigenvalue weighted by molar-refractivity contribution is 5.83. The zero-order chi connectivity index (χ0) is 25.8. The minimum Gasteiger partial charge on any atom is -0.326 e. The molecule has 0 aliphatic carbocycles. The molecule has 2 saturated heterocycles. The lowest BCUT2D eigenvalue weighted by molar-refractivity contribution is 0.143. The Labute approximate surface area is 214 Å². The normalized spacial score (nSPS) is 20.0. The number of aryl methyl sites for hydroxylation is 1. The molecule has 2 unspecified atom stereocenters. The number of likely N-dealkylation sites (N-methyl/N-ethyl adjacent to an activating group) is 1. The van der Waals surface area contributed by atoms with Crippen molar-refractivity contribution in [2.45, 2.75) is 51.9 Å². The molecule has 0 saturated carbocycles. The lowest BCUT2D eigenvalue weighted by Crippen LogP contribution is -2.43. The summed E-state index contributed by atoms with van der Waals surface area (Å²) in [4.78, 5) is 22.3. The van der Waals surface area contributed by atoms with Crippen LogP contribution in [0.1, 0.15) is 37.7 Å². The number of fused-ring (bicyclic) bond motifs is 3. The second kappa shape index (κ2) is 9.11. The van der Waals surface area contributed by atoms with E-state index >= 15 is 0 Å². The average molecular weight is 505 g/mol. The highest BCUT2D eigenvalue weighted by Gasteiger charge is 2.41. The van der Waals surface area contributed by atoms with Crippen molar-refractivity contribution in [3.05, 3.63) is 59.7 Å². The molecule has 8 nitrogen and oxygen atoms in total. The summed E-state index contributed by atoms with van der Waals surface area (Å²) in [6, 6.07) is 8.25. The SMILES string of the molecule is Cc1nc2c(F)cc(-c3nc(Nc4ccc(CN5CC6CC5CN6C)cn4)ncc3F)cc2n1C(C)C. The van der Waals surface area contributed by atoms with Crippen molar-refractivity contribution in [2.24, 2.45) is 0 Å². The molecule has 2 aliphatic heterocycles. The van der Waals surface area contributed by atoms with Crippen LogP contribution in [0.4, 0.5) is 20.5 Å². The first-order valence-electron chi connectivity index (χ1n) is 12.6. The van der Waals surface area contributed by atoms with Crippen LogP contribution in [0.5, 0.6) is 0 Å². The molecule has 192 valence electrons. The molecule has 2 bridgehead atoms. The van der Waals surface area contributed by atoms with Crippen molar-refractivity contribution in [1.82, 2.24) is 34.3 Å². The number of rotatable bonds is 6. The standard InChI is InChI=1S/C27H30F2N8/c1-15(2)37-16(3)32-26-21(28)7-18(8-23(26)37)25-22(29)11-31-27(34-25)33-24-6-5-17(10-30-24)12-36-14-19-9-20(36)13-35(19)4/h5-8,10-11,15,19-20H,9,12-14H2,1-4H3,(H,30,31,33,34). The summed E-state index contributed by atoms with van der Waals surface area (Å²) in [5.74, 6) is 0.290. The molecule has 4 aromatic rings. The zero-order valence-electron chi connectivity index (χ0n) is 21.4. The first-order chi connectivity index (χ1) is 17.8. The van der Waals surface area contributed by atoms with Crippen LogP contribution in [0, 0.1) is 18.6 Å². The third-order valence-electron chi connectivity index (χ3n) is 7.54. The third-order valence-corrected chi connectivity index (χ3v) is 7.54. The first-order valence-corrected chi connectivity index (χ1v) is 12.6. The van der Waals surface area contributed by atoms with Gasteiger partial charge in [-0.15, -0.1) is 0 Å². The van der Waals surface area contributed by atoms with E-state index in [0.29, 0.717) is 34.8 Å². The van der Waals surface area contributed by atoms with Crippen LogP contribution in [0.15, 0.2) is 36.7 Å². The second-order valence-corrected chi connectivity index (χ2v) is 10.4. The number of hydrogen-bond acceptors (Lipinski definition) is 7. The van der Waals surface area contributed by atoms with Gasteiger partial charge in [0.1, 0.15) is 22.9 Å². The molecule has 2 atom stereocenters. The largest absolute Gasteiger partial charge is 0.326 e. The van der Waals surface area contributed by atoms with E-state index in [2.05, 4.69) is 42.1 Å². The fraction of sp³-hybridized carbons (Fsp3) is 0.407. The number of piperazine rings is 1. The van der Waals surface area contributed by atoms with Gasteiger partial charge in [-0.25, -0.2) is 28.7 Å². The smallest absolute Gasteiger partial charge is 0.229 e. The maximum Gasteiger partial charge on any atom is 0.229 e. The number of nitrogens with zero attached hydrogens (tertiary/aromatic N) is 7. The van der Waals surface area contributed by atoms with Gasteiger partial charge in [-0.2, -0.15) is 0 Å². The third kappa shape index (κ3) is 4.34. The molecule has 5 heterocycles. The number of anilines is 2. The van der Waals surface area contributed by atoms with Crippen molar-refractivity contribution in [2.75, 3.05) is 25.5 Å². The first kappa shape index (κ1) is 23.9. The van der Waals surface area contributed by atoms with Gasteiger partial charge in [0.05, 0.1) is 11.7 Å². The summed E-state index contributed by atoms with van der Waals surface area (Å²) in [6.45, 7) is 8.92. The van der Waals surface area contributed by atoms with Gasteiger partial charge >= 0.3 is 0 Å². The Kier molecular flexibility index (Phi) is 5.88. The molecule has 0 amide bonds. The average Bonchev–Trinajstić information content (AvgIpc) is 3.53. The maximum atomic E-state index is 14.9. The van der Waals surface area contributed by atoms with Crippen molar-refractivity contribution in [1.29, 1.82) is 0 Å². The summed E-state index contributed by atoms with van der Waals surface area (Å²) in [5, 5.41) is 3.05. The van der Waals surface area contributed by atoms with Gasteiger partial charge in [0.25, 0.3) is 0 Å². The Bertz CT molecular complexity index is 1460. The maximum absolute atomic E-state index is 14.9. The summed E-state index contributed by atoms with van der Waals surface area (Å²) in [7, 11) is 2.20. The van der Waals surface area contributed by atoms with Crippen molar-refractivity contribution in [3.63, 3.8) is 0 Å². The van der Waals surface area contributed by atoms with E-state index in [9.17, 15) is 8.78 Å². The summed E-state index contributed by atoms with van der Waals surface area (Å²) >= 11 is 0. The lowest BCUT2D eigenvalue weighted by atomic mass is 10.1. The lowest BCUT2D eigenvalue weighted by Gasteiger charge is -2.31. The van der Waals surface area contributed by atoms with E-state index in [0.717, 1.165) is 31.4 Å².